The number of aromatic nitrogens is 5. The van der Waals surface area contributed by atoms with E-state index in [1.165, 1.54) is 38.1 Å². The smallest absolute Gasteiger partial charge is 0.164 e. The van der Waals surface area contributed by atoms with Crippen molar-refractivity contribution in [3.05, 3.63) is 249 Å². The van der Waals surface area contributed by atoms with Gasteiger partial charge in [-0.1, -0.05) is 194 Å². The van der Waals surface area contributed by atoms with Gasteiger partial charge in [0.25, 0.3) is 0 Å². The average molecular weight is 868 g/mol. The maximum Gasteiger partial charge on any atom is 0.164 e. The van der Waals surface area contributed by atoms with Gasteiger partial charge < -0.3 is 9.13 Å². The highest BCUT2D eigenvalue weighted by Crippen LogP contribution is 2.40. The van der Waals surface area contributed by atoms with Gasteiger partial charge in [0, 0.05) is 49.5 Å². The Kier molecular flexibility index (Phi) is 9.43. The van der Waals surface area contributed by atoms with Gasteiger partial charge in [0.1, 0.15) is 0 Å². The molecular weight excluding hydrogens is 827 g/mol. The van der Waals surface area contributed by atoms with Gasteiger partial charge >= 0.3 is 0 Å². The number of hydrogen-bond donors (Lipinski definition) is 0. The molecular formula is C63H41N5. The Labute approximate surface area is 393 Å². The molecule has 3 aromatic heterocycles. The number of benzene rings is 10. The molecule has 10 aromatic carbocycles. The Balaban J connectivity index is 0.968. The summed E-state index contributed by atoms with van der Waals surface area (Å²) in [5.74, 6) is 1.81. The third kappa shape index (κ3) is 6.76. The average Bonchev–Trinajstić information content (AvgIpc) is 3.94. The van der Waals surface area contributed by atoms with Gasteiger partial charge in [0.05, 0.1) is 27.8 Å². The third-order valence-electron chi connectivity index (χ3n) is 13.2. The second-order valence-electron chi connectivity index (χ2n) is 17.2. The highest BCUT2D eigenvalue weighted by atomic mass is 15.0. The predicted octanol–water partition coefficient (Wildman–Crippen LogP) is 16.1. The van der Waals surface area contributed by atoms with E-state index in [2.05, 4.69) is 252 Å². The monoisotopic (exact) mass is 867 g/mol. The minimum atomic E-state index is 0.601. The molecule has 0 aliphatic heterocycles. The summed E-state index contributed by atoms with van der Waals surface area (Å²) in [4.78, 5) is 15.8. The number of para-hydroxylation sites is 4. The molecule has 0 radical (unpaired) electrons. The zero-order valence-corrected chi connectivity index (χ0v) is 36.9. The number of hydrogen-bond acceptors (Lipinski definition) is 3. The zero-order chi connectivity index (χ0) is 45.0. The molecule has 0 N–H and O–H groups in total. The first-order valence-corrected chi connectivity index (χ1v) is 23.0. The predicted molar refractivity (Wildman–Crippen MR) is 281 cm³/mol. The lowest BCUT2D eigenvalue weighted by atomic mass is 9.96. The van der Waals surface area contributed by atoms with Crippen molar-refractivity contribution in [3.63, 3.8) is 0 Å². The lowest BCUT2D eigenvalue weighted by Gasteiger charge is -2.16. The van der Waals surface area contributed by atoms with Gasteiger partial charge in [-0.15, -0.1) is 0 Å². The first kappa shape index (κ1) is 39.2. The van der Waals surface area contributed by atoms with E-state index in [9.17, 15) is 0 Å². The molecule has 5 heteroatoms. The van der Waals surface area contributed by atoms with Gasteiger partial charge in [-0.05, 0) is 82.4 Å². The highest BCUT2D eigenvalue weighted by molar-refractivity contribution is 6.10. The van der Waals surface area contributed by atoms with E-state index in [-0.39, 0.29) is 0 Å². The van der Waals surface area contributed by atoms with Crippen LogP contribution in [0.2, 0.25) is 0 Å². The van der Waals surface area contributed by atoms with E-state index < -0.39 is 0 Å². The SMILES string of the molecule is c1ccc(-c2cccc(-c3nc(-c4ccc(-c5cc(-c6ccccc6)ccc5-n5c6ccccc6c6ccccc65)cc4)nc(-c4cccc(-n5c6ccccc6c6ccccc65)c4)n3)c2)cc1. The number of rotatable bonds is 8. The van der Waals surface area contributed by atoms with Crippen molar-refractivity contribution in [1.82, 2.24) is 24.1 Å². The maximum atomic E-state index is 5.27. The van der Waals surface area contributed by atoms with Gasteiger partial charge in [-0.3, -0.25) is 0 Å². The van der Waals surface area contributed by atoms with Gasteiger partial charge in [-0.2, -0.15) is 0 Å². The molecule has 0 saturated carbocycles. The van der Waals surface area contributed by atoms with E-state index >= 15 is 0 Å². The van der Waals surface area contributed by atoms with E-state index in [0.717, 1.165) is 66.9 Å². The molecule has 13 aromatic rings. The lowest BCUT2D eigenvalue weighted by molar-refractivity contribution is 1.07. The lowest BCUT2D eigenvalue weighted by Crippen LogP contribution is -2.01. The molecule has 0 bridgehead atoms. The van der Waals surface area contributed by atoms with Crippen LogP contribution >= 0.6 is 0 Å². The van der Waals surface area contributed by atoms with E-state index in [1.54, 1.807) is 0 Å². The molecule has 13 rings (SSSR count). The normalized spacial score (nSPS) is 11.5. The summed E-state index contributed by atoms with van der Waals surface area (Å²) < 4.78 is 4.74. The summed E-state index contributed by atoms with van der Waals surface area (Å²) in [5.41, 5.74) is 16.3. The first-order chi connectivity index (χ1) is 33.7. The molecule has 318 valence electrons. The van der Waals surface area contributed by atoms with Crippen molar-refractivity contribution < 1.29 is 0 Å². The third-order valence-corrected chi connectivity index (χ3v) is 13.2. The largest absolute Gasteiger partial charge is 0.309 e. The van der Waals surface area contributed by atoms with Crippen LogP contribution in [0.25, 0.3) is 123 Å². The van der Waals surface area contributed by atoms with Crippen LogP contribution in [0.15, 0.2) is 249 Å². The molecule has 0 atom stereocenters. The van der Waals surface area contributed by atoms with Crippen molar-refractivity contribution in [1.29, 1.82) is 0 Å². The van der Waals surface area contributed by atoms with Crippen molar-refractivity contribution >= 4 is 43.6 Å². The van der Waals surface area contributed by atoms with Crippen LogP contribution in [0.4, 0.5) is 0 Å². The Hall–Kier alpha value is -9.19. The quantitative estimate of drug-likeness (QED) is 0.153. The minimum absolute atomic E-state index is 0.601. The highest BCUT2D eigenvalue weighted by Gasteiger charge is 2.19. The topological polar surface area (TPSA) is 48.5 Å². The van der Waals surface area contributed by atoms with E-state index in [1.807, 2.05) is 6.07 Å². The molecule has 0 amide bonds. The molecule has 68 heavy (non-hydrogen) atoms. The standard InChI is InChI=1S/C63H41N5/c1-3-17-42(18-4-1)46-21-15-22-48(39-46)62-64-61(65-63(66-62)49-23-16-24-50(40-49)67-56-29-11-7-25-51(56)52-26-8-12-30-57(52)67)45-35-33-44(34-36-45)55-41-47(43-19-5-2-6-20-43)37-38-60(55)68-58-31-13-9-27-53(58)54-28-10-14-32-59(54)68/h1-41H. The summed E-state index contributed by atoms with van der Waals surface area (Å²) in [7, 11) is 0. The van der Waals surface area contributed by atoms with Crippen molar-refractivity contribution in [3.8, 4) is 78.9 Å². The fourth-order valence-electron chi connectivity index (χ4n) is 9.97. The Morgan fingerprint density at radius 2 is 0.618 bits per heavy atom. The molecule has 0 fully saturated rings. The minimum Gasteiger partial charge on any atom is -0.309 e. The van der Waals surface area contributed by atoms with Crippen LogP contribution < -0.4 is 0 Å². The van der Waals surface area contributed by atoms with Crippen molar-refractivity contribution in [2.45, 2.75) is 0 Å². The number of nitrogens with zero attached hydrogens (tertiary/aromatic N) is 5. The van der Waals surface area contributed by atoms with E-state index in [4.69, 9.17) is 15.0 Å². The number of fused-ring (bicyclic) bond motifs is 6. The fourth-order valence-corrected chi connectivity index (χ4v) is 9.97. The Bertz CT molecular complexity index is 3910. The zero-order valence-electron chi connectivity index (χ0n) is 36.9. The molecule has 0 aliphatic rings. The van der Waals surface area contributed by atoms with Crippen molar-refractivity contribution in [2.24, 2.45) is 0 Å². The summed E-state index contributed by atoms with van der Waals surface area (Å²) in [6.45, 7) is 0. The van der Waals surface area contributed by atoms with Crippen LogP contribution in [0.5, 0.6) is 0 Å². The second-order valence-corrected chi connectivity index (χ2v) is 17.2. The summed E-state index contributed by atoms with van der Waals surface area (Å²) in [6, 6.07) is 88.2. The molecule has 0 unspecified atom stereocenters. The molecule has 0 spiro atoms. The van der Waals surface area contributed by atoms with Gasteiger partial charge in [-0.25, -0.2) is 15.0 Å². The van der Waals surface area contributed by atoms with Crippen molar-refractivity contribution in [2.75, 3.05) is 0 Å². The summed E-state index contributed by atoms with van der Waals surface area (Å²) >= 11 is 0. The summed E-state index contributed by atoms with van der Waals surface area (Å²) in [5, 5.41) is 4.89. The van der Waals surface area contributed by atoms with Crippen LogP contribution in [0.1, 0.15) is 0 Å². The second kappa shape index (κ2) is 16.4. The van der Waals surface area contributed by atoms with Crippen LogP contribution in [-0.2, 0) is 0 Å². The summed E-state index contributed by atoms with van der Waals surface area (Å²) in [6.07, 6.45) is 0. The van der Waals surface area contributed by atoms with Crippen LogP contribution in [-0.4, -0.2) is 24.1 Å². The Morgan fingerprint density at radius 1 is 0.235 bits per heavy atom. The molecule has 0 saturated heterocycles. The molecule has 0 aliphatic carbocycles. The van der Waals surface area contributed by atoms with Crippen LogP contribution in [0, 0.1) is 0 Å². The Morgan fingerprint density at radius 3 is 1.16 bits per heavy atom. The first-order valence-electron chi connectivity index (χ1n) is 23.0. The fraction of sp³-hybridized carbons (Fsp3) is 0. The van der Waals surface area contributed by atoms with Crippen LogP contribution in [0.3, 0.4) is 0 Å². The maximum absolute atomic E-state index is 5.27. The van der Waals surface area contributed by atoms with Gasteiger partial charge in [0.2, 0.25) is 0 Å². The molecule has 5 nitrogen and oxygen atoms in total. The van der Waals surface area contributed by atoms with Gasteiger partial charge in [0.15, 0.2) is 17.5 Å². The van der Waals surface area contributed by atoms with E-state index in [0.29, 0.717) is 17.5 Å². The molecule has 3 heterocycles.